The fourth-order valence-electron chi connectivity index (χ4n) is 2.71. The Hall–Kier alpha value is -2.05. The van der Waals surface area contributed by atoms with Crippen molar-refractivity contribution in [1.29, 1.82) is 0 Å². The highest BCUT2D eigenvalue weighted by atomic mass is 79.9. The second-order valence-corrected chi connectivity index (χ2v) is 7.18. The van der Waals surface area contributed by atoms with E-state index in [0.717, 1.165) is 26.6 Å². The summed E-state index contributed by atoms with van der Waals surface area (Å²) >= 11 is 3.39. The van der Waals surface area contributed by atoms with Crippen molar-refractivity contribution in [3.05, 3.63) is 53.0 Å². The minimum absolute atomic E-state index is 0.0167. The molecule has 3 rings (SSSR count). The predicted molar refractivity (Wildman–Crippen MR) is 100 cm³/mol. The maximum atomic E-state index is 12.5. The van der Waals surface area contributed by atoms with Gasteiger partial charge in [0.25, 0.3) is 5.91 Å². The zero-order valence-electron chi connectivity index (χ0n) is 14.3. The Bertz CT molecular complexity index is 736. The molecule has 132 valence electrons. The summed E-state index contributed by atoms with van der Waals surface area (Å²) in [6, 6.07) is 15.0. The van der Waals surface area contributed by atoms with E-state index in [1.54, 1.807) is 0 Å². The predicted octanol–water partition coefficient (Wildman–Crippen LogP) is 2.13. The van der Waals surface area contributed by atoms with Gasteiger partial charge < -0.3 is 19.7 Å². The summed E-state index contributed by atoms with van der Waals surface area (Å²) in [7, 11) is 2.00. The molecule has 25 heavy (non-hydrogen) atoms. The van der Waals surface area contributed by atoms with Gasteiger partial charge in [-0.15, -0.1) is 0 Å². The molecule has 0 aliphatic carbocycles. The molecule has 2 N–H and O–H groups in total. The van der Waals surface area contributed by atoms with Gasteiger partial charge in [0, 0.05) is 10.2 Å². The highest BCUT2D eigenvalue weighted by Crippen LogP contribution is 2.30. The molecule has 6 heteroatoms. The maximum absolute atomic E-state index is 12.5. The Morgan fingerprint density at radius 3 is 2.64 bits per heavy atom. The van der Waals surface area contributed by atoms with Gasteiger partial charge in [-0.05, 0) is 43.3 Å². The molecule has 1 unspecified atom stereocenters. The third kappa shape index (κ3) is 4.52. The van der Waals surface area contributed by atoms with Crippen LogP contribution in [0, 0.1) is 0 Å². The van der Waals surface area contributed by atoms with Gasteiger partial charge in [0.2, 0.25) is 0 Å². The zero-order chi connectivity index (χ0) is 17.8. The van der Waals surface area contributed by atoms with Crippen LogP contribution in [0.4, 0.5) is 5.69 Å². The molecule has 0 saturated carbocycles. The van der Waals surface area contributed by atoms with Crippen molar-refractivity contribution in [3.63, 3.8) is 0 Å². The molecule has 3 atom stereocenters. The second kappa shape index (κ2) is 7.89. The number of amides is 1. The molecule has 0 radical (unpaired) electrons. The van der Waals surface area contributed by atoms with Gasteiger partial charge in [-0.1, -0.05) is 28.1 Å². The van der Waals surface area contributed by atoms with Crippen LogP contribution in [0.1, 0.15) is 6.92 Å². The fraction of sp³-hybridized carbons (Fsp3) is 0.316. The summed E-state index contributed by atoms with van der Waals surface area (Å²) in [5.74, 6) is 1.52. The Morgan fingerprint density at radius 1 is 1.24 bits per heavy atom. The van der Waals surface area contributed by atoms with Gasteiger partial charge in [-0.3, -0.25) is 4.79 Å². The van der Waals surface area contributed by atoms with Gasteiger partial charge in [0.05, 0.1) is 7.05 Å². The molecule has 0 saturated heterocycles. The van der Waals surface area contributed by atoms with E-state index >= 15 is 0 Å². The number of hydrogen-bond donors (Lipinski definition) is 2. The van der Waals surface area contributed by atoms with Crippen LogP contribution in [0.25, 0.3) is 0 Å². The van der Waals surface area contributed by atoms with Crippen LogP contribution in [-0.2, 0) is 4.79 Å². The highest BCUT2D eigenvalue weighted by molar-refractivity contribution is 9.10. The van der Waals surface area contributed by atoms with Crippen molar-refractivity contribution in [1.82, 2.24) is 0 Å². The van der Waals surface area contributed by atoms with Crippen molar-refractivity contribution in [2.45, 2.75) is 19.1 Å². The number of carbonyl (C=O) groups excluding carboxylic acids is 1. The van der Waals surface area contributed by atoms with E-state index in [0.29, 0.717) is 13.2 Å². The van der Waals surface area contributed by atoms with Crippen molar-refractivity contribution >= 4 is 27.5 Å². The van der Waals surface area contributed by atoms with E-state index in [2.05, 4.69) is 21.2 Å². The molecular weight excluding hydrogens is 384 g/mol. The Morgan fingerprint density at radius 2 is 1.92 bits per heavy atom. The molecule has 2 aromatic rings. The quantitative estimate of drug-likeness (QED) is 0.800. The lowest BCUT2D eigenvalue weighted by Gasteiger charge is -2.29. The highest BCUT2D eigenvalue weighted by Gasteiger charge is 2.28. The zero-order valence-corrected chi connectivity index (χ0v) is 15.9. The monoisotopic (exact) mass is 405 g/mol. The molecule has 1 heterocycles. The van der Waals surface area contributed by atoms with Crippen LogP contribution in [0.15, 0.2) is 53.0 Å². The SMILES string of the molecule is C[C@H](C(=O)Nc1ccc(Br)cc1)[NH+](C)C[C@@H]1COc2ccccc2O1. The first-order valence-corrected chi connectivity index (χ1v) is 9.09. The molecule has 0 aromatic heterocycles. The number of hydrogen-bond acceptors (Lipinski definition) is 3. The summed E-state index contributed by atoms with van der Waals surface area (Å²) in [5.41, 5.74) is 0.791. The first kappa shape index (κ1) is 17.8. The lowest BCUT2D eigenvalue weighted by atomic mass is 10.2. The molecule has 5 nitrogen and oxygen atoms in total. The standard InChI is InChI=1S/C19H21BrN2O3/c1-13(19(23)21-15-9-7-14(20)8-10-15)22(2)11-16-12-24-17-5-3-4-6-18(17)25-16/h3-10,13,16H,11-12H2,1-2H3,(H,21,23)/p+1/t13-,16-/m1/s1. The van der Waals surface area contributed by atoms with Gasteiger partial charge >= 0.3 is 0 Å². The number of para-hydroxylation sites is 2. The average Bonchev–Trinajstić information content (AvgIpc) is 2.62. The topological polar surface area (TPSA) is 52.0 Å². The van der Waals surface area contributed by atoms with Crippen LogP contribution in [-0.4, -0.2) is 38.3 Å². The van der Waals surface area contributed by atoms with E-state index in [4.69, 9.17) is 9.47 Å². The number of halogens is 1. The number of quaternary nitrogens is 1. The summed E-state index contributed by atoms with van der Waals surface area (Å²) in [6.45, 7) is 3.10. The first-order chi connectivity index (χ1) is 12.0. The number of fused-ring (bicyclic) bond motifs is 1. The number of ether oxygens (including phenoxy) is 2. The molecule has 1 amide bonds. The van der Waals surface area contributed by atoms with Crippen LogP contribution >= 0.6 is 15.9 Å². The second-order valence-electron chi connectivity index (χ2n) is 6.27. The molecular formula is C19H22BrN2O3+. The molecule has 1 aliphatic rings. The van der Waals surface area contributed by atoms with Crippen molar-refractivity contribution in [2.24, 2.45) is 0 Å². The summed E-state index contributed by atoms with van der Waals surface area (Å²) in [6.07, 6.45) is -0.0715. The summed E-state index contributed by atoms with van der Waals surface area (Å²) in [5, 5.41) is 2.95. The van der Waals surface area contributed by atoms with E-state index in [9.17, 15) is 4.79 Å². The fourth-order valence-corrected chi connectivity index (χ4v) is 2.97. The summed E-state index contributed by atoms with van der Waals surface area (Å²) < 4.78 is 12.7. The lowest BCUT2D eigenvalue weighted by molar-refractivity contribution is -0.896. The largest absolute Gasteiger partial charge is 0.486 e. The normalized spacial score (nSPS) is 18.3. The minimum Gasteiger partial charge on any atom is -0.486 e. The van der Waals surface area contributed by atoms with Gasteiger partial charge in [-0.2, -0.15) is 0 Å². The Kier molecular flexibility index (Phi) is 5.60. The van der Waals surface area contributed by atoms with Gasteiger partial charge in [-0.25, -0.2) is 0 Å². The summed E-state index contributed by atoms with van der Waals surface area (Å²) in [4.78, 5) is 13.5. The van der Waals surface area contributed by atoms with E-state index in [1.807, 2.05) is 62.5 Å². The molecule has 0 spiro atoms. The van der Waals surface area contributed by atoms with E-state index < -0.39 is 0 Å². The number of benzene rings is 2. The van der Waals surface area contributed by atoms with Crippen LogP contribution in [0.2, 0.25) is 0 Å². The third-order valence-corrected chi connectivity index (χ3v) is 4.89. The maximum Gasteiger partial charge on any atom is 0.282 e. The van der Waals surface area contributed by atoms with Gasteiger partial charge in [0.15, 0.2) is 23.6 Å². The van der Waals surface area contributed by atoms with E-state index in [-0.39, 0.29) is 18.1 Å². The Balaban J connectivity index is 1.54. The lowest BCUT2D eigenvalue weighted by Crippen LogP contribution is -3.15. The number of anilines is 1. The third-order valence-electron chi connectivity index (χ3n) is 4.36. The van der Waals surface area contributed by atoms with Crippen molar-refractivity contribution in [2.75, 3.05) is 25.5 Å². The first-order valence-electron chi connectivity index (χ1n) is 8.30. The molecule has 2 aromatic carbocycles. The molecule has 0 bridgehead atoms. The number of rotatable bonds is 5. The smallest absolute Gasteiger partial charge is 0.282 e. The number of carbonyl (C=O) groups is 1. The van der Waals surface area contributed by atoms with Gasteiger partial charge in [0.1, 0.15) is 13.2 Å². The molecule has 0 fully saturated rings. The van der Waals surface area contributed by atoms with E-state index in [1.165, 1.54) is 0 Å². The van der Waals surface area contributed by atoms with Crippen LogP contribution in [0.5, 0.6) is 11.5 Å². The average molecular weight is 406 g/mol. The number of nitrogens with one attached hydrogen (secondary N) is 2. The van der Waals surface area contributed by atoms with Crippen LogP contribution in [0.3, 0.4) is 0 Å². The number of likely N-dealkylation sites (N-methyl/N-ethyl adjacent to an activating group) is 1. The minimum atomic E-state index is -0.204. The van der Waals surface area contributed by atoms with Crippen LogP contribution < -0.4 is 19.7 Å². The molecule has 1 aliphatic heterocycles. The van der Waals surface area contributed by atoms with Crippen molar-refractivity contribution in [3.8, 4) is 11.5 Å². The Labute approximate surface area is 156 Å². The van der Waals surface area contributed by atoms with Crippen molar-refractivity contribution < 1.29 is 19.2 Å².